The van der Waals surface area contributed by atoms with Crippen molar-refractivity contribution in [2.24, 2.45) is 11.3 Å². The number of piperazine rings is 1. The molecule has 1 atom stereocenters. The molecule has 0 aromatic carbocycles. The van der Waals surface area contributed by atoms with E-state index >= 15 is 0 Å². The number of nitrogens with one attached hydrogen (secondary N) is 1. The van der Waals surface area contributed by atoms with E-state index in [-0.39, 0.29) is 0 Å². The first kappa shape index (κ1) is 16.3. The second kappa shape index (κ2) is 7.77. The summed E-state index contributed by atoms with van der Waals surface area (Å²) in [5, 5.41) is 3.57. The molecule has 1 unspecified atom stereocenters. The van der Waals surface area contributed by atoms with Crippen molar-refractivity contribution < 1.29 is 0 Å². The highest BCUT2D eigenvalue weighted by Gasteiger charge is 2.30. The number of nitrogens with zero attached hydrogens (tertiary/aromatic N) is 2. The molecule has 2 aliphatic rings. The average Bonchev–Trinajstić information content (AvgIpc) is 3.23. The van der Waals surface area contributed by atoms with E-state index in [1.54, 1.807) is 0 Å². The Morgan fingerprint density at radius 3 is 2.25 bits per heavy atom. The van der Waals surface area contributed by atoms with E-state index in [1.807, 2.05) is 0 Å². The van der Waals surface area contributed by atoms with E-state index in [9.17, 15) is 0 Å². The Hall–Kier alpha value is -0.120. The van der Waals surface area contributed by atoms with Crippen LogP contribution in [-0.2, 0) is 0 Å². The van der Waals surface area contributed by atoms with Crippen molar-refractivity contribution in [2.75, 3.05) is 52.4 Å². The smallest absolute Gasteiger partial charge is 0.0110 e. The lowest BCUT2D eigenvalue weighted by molar-refractivity contribution is 0.0839. The Bertz CT molecular complexity index is 269. The zero-order chi connectivity index (χ0) is 14.4. The van der Waals surface area contributed by atoms with Crippen molar-refractivity contribution in [1.29, 1.82) is 0 Å². The summed E-state index contributed by atoms with van der Waals surface area (Å²) in [5.74, 6) is 1.04. The summed E-state index contributed by atoms with van der Waals surface area (Å²) in [4.78, 5) is 5.39. The third-order valence-electron chi connectivity index (χ3n) is 4.94. The molecule has 20 heavy (non-hydrogen) atoms. The van der Waals surface area contributed by atoms with Crippen molar-refractivity contribution in [2.45, 2.75) is 46.5 Å². The average molecular weight is 281 g/mol. The summed E-state index contributed by atoms with van der Waals surface area (Å²) < 4.78 is 0. The highest BCUT2D eigenvalue weighted by Crippen LogP contribution is 2.30. The molecular weight excluding hydrogens is 246 g/mol. The Morgan fingerprint density at radius 2 is 1.70 bits per heavy atom. The molecule has 0 bridgehead atoms. The Labute approximate surface area is 126 Å². The molecule has 1 saturated carbocycles. The highest BCUT2D eigenvalue weighted by molar-refractivity contribution is 4.85. The lowest BCUT2D eigenvalue weighted by Crippen LogP contribution is -2.51. The maximum absolute atomic E-state index is 3.57. The normalized spacial score (nSPS) is 24.8. The summed E-state index contributed by atoms with van der Waals surface area (Å²) in [6, 6.07) is 0. The largest absolute Gasteiger partial charge is 0.316 e. The molecule has 1 aliphatic heterocycles. The van der Waals surface area contributed by atoms with Crippen LogP contribution in [0.5, 0.6) is 0 Å². The fraction of sp³-hybridized carbons (Fsp3) is 1.00. The predicted molar refractivity (Wildman–Crippen MR) is 87.2 cm³/mol. The van der Waals surface area contributed by atoms with Crippen LogP contribution < -0.4 is 5.32 Å². The van der Waals surface area contributed by atoms with E-state index in [0.717, 1.165) is 12.5 Å². The Balaban J connectivity index is 1.73. The maximum atomic E-state index is 3.57. The van der Waals surface area contributed by atoms with Gasteiger partial charge in [-0.25, -0.2) is 0 Å². The van der Waals surface area contributed by atoms with Crippen LogP contribution in [-0.4, -0.2) is 62.2 Å². The fourth-order valence-corrected chi connectivity index (χ4v) is 3.59. The standard InChI is InChI=1S/C17H35N3/c1-4-8-17(3,14-18-5-2)15-20-11-9-19(10-12-20)13-16-6-7-16/h16,18H,4-15H2,1-3H3. The van der Waals surface area contributed by atoms with E-state index in [0.29, 0.717) is 5.41 Å². The van der Waals surface area contributed by atoms with Gasteiger partial charge in [0, 0.05) is 45.8 Å². The van der Waals surface area contributed by atoms with Gasteiger partial charge in [0.1, 0.15) is 0 Å². The van der Waals surface area contributed by atoms with Gasteiger partial charge in [0.05, 0.1) is 0 Å². The van der Waals surface area contributed by atoms with Gasteiger partial charge in [-0.05, 0) is 37.1 Å². The molecule has 1 aliphatic carbocycles. The van der Waals surface area contributed by atoms with Crippen molar-refractivity contribution in [3.63, 3.8) is 0 Å². The molecule has 3 nitrogen and oxygen atoms in total. The fourth-order valence-electron chi connectivity index (χ4n) is 3.59. The predicted octanol–water partition coefficient (Wildman–Crippen LogP) is 2.43. The minimum Gasteiger partial charge on any atom is -0.316 e. The molecule has 2 fully saturated rings. The second-order valence-corrected chi connectivity index (χ2v) is 7.36. The van der Waals surface area contributed by atoms with Crippen LogP contribution in [0.4, 0.5) is 0 Å². The number of rotatable bonds is 9. The van der Waals surface area contributed by atoms with Crippen molar-refractivity contribution >= 4 is 0 Å². The van der Waals surface area contributed by atoms with Gasteiger partial charge in [0.2, 0.25) is 0 Å². The zero-order valence-electron chi connectivity index (χ0n) is 14.0. The van der Waals surface area contributed by atoms with Gasteiger partial charge in [-0.1, -0.05) is 27.2 Å². The topological polar surface area (TPSA) is 18.5 Å². The minimum absolute atomic E-state index is 0.448. The summed E-state index contributed by atoms with van der Waals surface area (Å²) in [7, 11) is 0. The van der Waals surface area contributed by atoms with Crippen LogP contribution >= 0.6 is 0 Å². The Kier molecular flexibility index (Phi) is 6.31. The Morgan fingerprint density at radius 1 is 1.05 bits per heavy atom. The first-order chi connectivity index (χ1) is 9.65. The van der Waals surface area contributed by atoms with Crippen LogP contribution in [0, 0.1) is 11.3 Å². The van der Waals surface area contributed by atoms with Crippen LogP contribution in [0.15, 0.2) is 0 Å². The lowest BCUT2D eigenvalue weighted by Gasteiger charge is -2.40. The summed E-state index contributed by atoms with van der Waals surface area (Å²) in [6.07, 6.45) is 5.60. The van der Waals surface area contributed by atoms with Gasteiger partial charge in [0.15, 0.2) is 0 Å². The minimum atomic E-state index is 0.448. The van der Waals surface area contributed by atoms with Crippen molar-refractivity contribution in [1.82, 2.24) is 15.1 Å². The van der Waals surface area contributed by atoms with Gasteiger partial charge in [0.25, 0.3) is 0 Å². The zero-order valence-corrected chi connectivity index (χ0v) is 14.0. The molecular formula is C17H35N3. The highest BCUT2D eigenvalue weighted by atomic mass is 15.3. The maximum Gasteiger partial charge on any atom is 0.0110 e. The molecule has 0 radical (unpaired) electrons. The monoisotopic (exact) mass is 281 g/mol. The molecule has 0 spiro atoms. The van der Waals surface area contributed by atoms with Gasteiger partial charge >= 0.3 is 0 Å². The van der Waals surface area contributed by atoms with Crippen molar-refractivity contribution in [3.8, 4) is 0 Å². The third kappa shape index (κ3) is 5.34. The number of hydrogen-bond acceptors (Lipinski definition) is 3. The second-order valence-electron chi connectivity index (χ2n) is 7.36. The molecule has 0 amide bonds. The first-order valence-corrected chi connectivity index (χ1v) is 8.80. The van der Waals surface area contributed by atoms with E-state index < -0.39 is 0 Å². The molecule has 2 rings (SSSR count). The number of hydrogen-bond donors (Lipinski definition) is 1. The van der Waals surface area contributed by atoms with E-state index in [1.165, 1.54) is 71.5 Å². The lowest BCUT2D eigenvalue weighted by atomic mass is 9.84. The molecule has 0 aromatic heterocycles. The van der Waals surface area contributed by atoms with Crippen LogP contribution in [0.3, 0.4) is 0 Å². The van der Waals surface area contributed by atoms with E-state index in [4.69, 9.17) is 0 Å². The summed E-state index contributed by atoms with van der Waals surface area (Å²) in [5.41, 5.74) is 0.448. The van der Waals surface area contributed by atoms with Gasteiger partial charge < -0.3 is 15.1 Å². The van der Waals surface area contributed by atoms with Crippen LogP contribution in [0.1, 0.15) is 46.5 Å². The van der Waals surface area contributed by atoms with Crippen LogP contribution in [0.25, 0.3) is 0 Å². The van der Waals surface area contributed by atoms with Crippen molar-refractivity contribution in [3.05, 3.63) is 0 Å². The SMILES string of the molecule is CCCC(C)(CNCC)CN1CCN(CC2CC2)CC1. The molecule has 0 aromatic rings. The molecule has 3 heteroatoms. The van der Waals surface area contributed by atoms with E-state index in [2.05, 4.69) is 35.9 Å². The van der Waals surface area contributed by atoms with Gasteiger partial charge in [-0.15, -0.1) is 0 Å². The third-order valence-corrected chi connectivity index (χ3v) is 4.94. The summed E-state index contributed by atoms with van der Waals surface area (Å²) >= 11 is 0. The quantitative estimate of drug-likeness (QED) is 0.700. The van der Waals surface area contributed by atoms with Gasteiger partial charge in [-0.2, -0.15) is 0 Å². The molecule has 1 heterocycles. The summed E-state index contributed by atoms with van der Waals surface area (Å²) in [6.45, 7) is 17.0. The molecule has 118 valence electrons. The van der Waals surface area contributed by atoms with Crippen LogP contribution in [0.2, 0.25) is 0 Å². The van der Waals surface area contributed by atoms with Gasteiger partial charge in [-0.3, -0.25) is 0 Å². The molecule has 1 saturated heterocycles. The molecule has 1 N–H and O–H groups in total. The first-order valence-electron chi connectivity index (χ1n) is 8.80.